The van der Waals surface area contributed by atoms with Crippen LogP contribution in [0, 0.1) is 12.3 Å². The Balaban J connectivity index is 1.82. The highest BCUT2D eigenvalue weighted by molar-refractivity contribution is 6.11. The number of hydrogen-bond acceptors (Lipinski definition) is 0. The minimum Gasteiger partial charge on any atom is -0.309 e. The molecule has 0 aliphatic heterocycles. The van der Waals surface area contributed by atoms with Crippen molar-refractivity contribution < 1.29 is 0 Å². The Hall–Kier alpha value is -4.28. The number of benzene rings is 4. The molecule has 0 aliphatic carbocycles. The van der Waals surface area contributed by atoms with Gasteiger partial charge in [0.25, 0.3) is 0 Å². The van der Waals surface area contributed by atoms with Gasteiger partial charge in [-0.1, -0.05) is 72.7 Å². The van der Waals surface area contributed by atoms with Gasteiger partial charge in [0.1, 0.15) is 0 Å². The fourth-order valence-electron chi connectivity index (χ4n) is 4.37. The van der Waals surface area contributed by atoms with E-state index < -0.39 is 0 Å². The molecule has 0 aliphatic rings. The fourth-order valence-corrected chi connectivity index (χ4v) is 4.37. The number of fused-ring (bicyclic) bond motifs is 3. The minimum atomic E-state index is 1.12. The molecule has 0 N–H and O–H groups in total. The molecule has 0 amide bonds. The Morgan fingerprint density at radius 2 is 1.41 bits per heavy atom. The molecule has 0 unspecified atom stereocenters. The normalized spacial score (nSPS) is 11.9. The molecule has 5 aromatic rings. The molecule has 0 radical (unpaired) electrons. The van der Waals surface area contributed by atoms with Crippen molar-refractivity contribution in [2.45, 2.75) is 6.92 Å². The highest BCUT2D eigenvalue weighted by Gasteiger charge is 2.14. The van der Waals surface area contributed by atoms with Crippen molar-refractivity contribution in [2.75, 3.05) is 0 Å². The zero-order chi connectivity index (χ0) is 21.9. The van der Waals surface area contributed by atoms with Gasteiger partial charge in [0.2, 0.25) is 0 Å². The van der Waals surface area contributed by atoms with Crippen molar-refractivity contribution in [3.8, 4) is 29.2 Å². The SMILES string of the molecule is C#C/C=C\C(=C/C)c1ccc2c(c1)c1cc(-c3ccccc3)ccc1n2-c1ccccc1. The van der Waals surface area contributed by atoms with Crippen LogP contribution in [0.4, 0.5) is 0 Å². The van der Waals surface area contributed by atoms with Gasteiger partial charge in [-0.2, -0.15) is 0 Å². The Morgan fingerprint density at radius 3 is 2.09 bits per heavy atom. The van der Waals surface area contributed by atoms with Crippen LogP contribution in [0.2, 0.25) is 0 Å². The maximum absolute atomic E-state index is 5.45. The second kappa shape index (κ2) is 8.46. The first-order chi connectivity index (χ1) is 15.8. The summed E-state index contributed by atoms with van der Waals surface area (Å²) in [5, 5.41) is 2.47. The van der Waals surface area contributed by atoms with E-state index in [2.05, 4.69) is 114 Å². The van der Waals surface area contributed by atoms with Gasteiger partial charge < -0.3 is 4.57 Å². The van der Waals surface area contributed by atoms with Crippen molar-refractivity contribution in [3.05, 3.63) is 121 Å². The molecule has 1 nitrogen and oxygen atoms in total. The topological polar surface area (TPSA) is 4.93 Å². The molecule has 1 aromatic heterocycles. The first-order valence-corrected chi connectivity index (χ1v) is 10.8. The average molecular weight is 410 g/mol. The predicted molar refractivity (Wildman–Crippen MR) is 138 cm³/mol. The van der Waals surface area contributed by atoms with Gasteiger partial charge in [0, 0.05) is 16.5 Å². The third-order valence-corrected chi connectivity index (χ3v) is 5.89. The molecule has 0 saturated heterocycles. The van der Waals surface area contributed by atoms with E-state index in [1.165, 1.54) is 32.9 Å². The van der Waals surface area contributed by atoms with Gasteiger partial charge in [-0.3, -0.25) is 0 Å². The van der Waals surface area contributed by atoms with Crippen molar-refractivity contribution in [1.82, 2.24) is 4.57 Å². The van der Waals surface area contributed by atoms with Crippen LogP contribution >= 0.6 is 0 Å². The van der Waals surface area contributed by atoms with Crippen molar-refractivity contribution in [2.24, 2.45) is 0 Å². The molecule has 0 spiro atoms. The Kier molecular flexibility index (Phi) is 5.20. The van der Waals surface area contributed by atoms with Gasteiger partial charge in [-0.15, -0.1) is 6.42 Å². The standard InChI is InChI=1S/C31H23N/c1-3-5-12-23(4-2)25-17-19-30-28(21-25)29-22-26(24-13-8-6-9-14-24)18-20-31(29)32(30)27-15-10-7-11-16-27/h1,4-22H,2H3/b12-5-,23-4+. The second-order valence-corrected chi connectivity index (χ2v) is 7.74. The van der Waals surface area contributed by atoms with Crippen molar-refractivity contribution in [3.63, 3.8) is 0 Å². The minimum absolute atomic E-state index is 1.12. The van der Waals surface area contributed by atoms with E-state index in [1.54, 1.807) is 6.08 Å². The Bertz CT molecular complexity index is 1510. The monoisotopic (exact) mass is 409 g/mol. The van der Waals surface area contributed by atoms with Crippen LogP contribution in [-0.4, -0.2) is 4.57 Å². The number of terminal acetylenes is 1. The summed E-state index contributed by atoms with van der Waals surface area (Å²) in [7, 11) is 0. The van der Waals surface area contributed by atoms with Crippen LogP contribution in [0.5, 0.6) is 0 Å². The zero-order valence-electron chi connectivity index (χ0n) is 18.0. The van der Waals surface area contributed by atoms with Crippen LogP contribution in [0.25, 0.3) is 44.2 Å². The second-order valence-electron chi connectivity index (χ2n) is 7.74. The molecule has 32 heavy (non-hydrogen) atoms. The summed E-state index contributed by atoms with van der Waals surface area (Å²) in [5.41, 5.74) is 8.26. The number of para-hydroxylation sites is 1. The quantitative estimate of drug-likeness (QED) is 0.209. The first-order valence-electron chi connectivity index (χ1n) is 10.8. The predicted octanol–water partition coefficient (Wildman–Crippen LogP) is 8.04. The number of allylic oxidation sites excluding steroid dienone is 4. The summed E-state index contributed by atoms with van der Waals surface area (Å²) in [6.45, 7) is 2.04. The summed E-state index contributed by atoms with van der Waals surface area (Å²) in [5.74, 6) is 2.59. The third-order valence-electron chi connectivity index (χ3n) is 5.89. The largest absolute Gasteiger partial charge is 0.309 e. The molecule has 1 heterocycles. The van der Waals surface area contributed by atoms with Crippen LogP contribution in [0.3, 0.4) is 0 Å². The van der Waals surface area contributed by atoms with E-state index in [1.807, 2.05) is 13.0 Å². The van der Waals surface area contributed by atoms with Crippen molar-refractivity contribution in [1.29, 1.82) is 0 Å². The van der Waals surface area contributed by atoms with Gasteiger partial charge in [0.15, 0.2) is 0 Å². The van der Waals surface area contributed by atoms with Crippen LogP contribution in [0.1, 0.15) is 12.5 Å². The smallest absolute Gasteiger partial charge is 0.0541 e. The summed E-state index contributed by atoms with van der Waals surface area (Å²) >= 11 is 0. The lowest BCUT2D eigenvalue weighted by atomic mass is 10.00. The molecule has 1 heteroatoms. The van der Waals surface area contributed by atoms with E-state index in [0.29, 0.717) is 0 Å². The molecule has 0 atom stereocenters. The third kappa shape index (κ3) is 3.43. The van der Waals surface area contributed by atoms with E-state index in [-0.39, 0.29) is 0 Å². The molecular formula is C31H23N. The Labute approximate surface area is 189 Å². The number of nitrogens with zero attached hydrogens (tertiary/aromatic N) is 1. The average Bonchev–Trinajstić information content (AvgIpc) is 3.19. The van der Waals surface area contributed by atoms with E-state index >= 15 is 0 Å². The first kappa shape index (κ1) is 19.7. The summed E-state index contributed by atoms with van der Waals surface area (Å²) in [6, 6.07) is 34.5. The lowest BCUT2D eigenvalue weighted by Crippen LogP contribution is -1.93. The summed E-state index contributed by atoms with van der Waals surface area (Å²) in [4.78, 5) is 0. The van der Waals surface area contributed by atoms with E-state index in [0.717, 1.165) is 16.8 Å². The van der Waals surface area contributed by atoms with Crippen LogP contribution in [0.15, 0.2) is 115 Å². The van der Waals surface area contributed by atoms with E-state index in [9.17, 15) is 0 Å². The Morgan fingerprint density at radius 1 is 0.750 bits per heavy atom. The fraction of sp³-hybridized carbons (Fsp3) is 0.0323. The van der Waals surface area contributed by atoms with E-state index in [4.69, 9.17) is 6.42 Å². The van der Waals surface area contributed by atoms with Crippen LogP contribution in [-0.2, 0) is 0 Å². The van der Waals surface area contributed by atoms with Gasteiger partial charge >= 0.3 is 0 Å². The molecule has 4 aromatic carbocycles. The number of rotatable bonds is 4. The molecule has 152 valence electrons. The lowest BCUT2D eigenvalue weighted by molar-refractivity contribution is 1.18. The highest BCUT2D eigenvalue weighted by Crippen LogP contribution is 2.36. The highest BCUT2D eigenvalue weighted by atomic mass is 15.0. The number of hydrogen-bond donors (Lipinski definition) is 0. The molecule has 0 bridgehead atoms. The van der Waals surface area contributed by atoms with Gasteiger partial charge in [0.05, 0.1) is 11.0 Å². The maximum Gasteiger partial charge on any atom is 0.0541 e. The van der Waals surface area contributed by atoms with Crippen molar-refractivity contribution >= 4 is 27.4 Å². The van der Waals surface area contributed by atoms with Gasteiger partial charge in [-0.05, 0) is 77.7 Å². The zero-order valence-corrected chi connectivity index (χ0v) is 18.0. The van der Waals surface area contributed by atoms with Gasteiger partial charge in [-0.25, -0.2) is 0 Å². The molecule has 5 rings (SSSR count). The van der Waals surface area contributed by atoms with Crippen LogP contribution < -0.4 is 0 Å². The maximum atomic E-state index is 5.45. The summed E-state index contributed by atoms with van der Waals surface area (Å²) in [6.07, 6.45) is 11.3. The summed E-state index contributed by atoms with van der Waals surface area (Å²) < 4.78 is 2.34. The molecule has 0 saturated carbocycles. The molecular weight excluding hydrogens is 386 g/mol. The number of aromatic nitrogens is 1. The lowest BCUT2D eigenvalue weighted by Gasteiger charge is -2.08. The molecule has 0 fully saturated rings.